The van der Waals surface area contributed by atoms with Gasteiger partial charge in [0.25, 0.3) is 0 Å². The Bertz CT molecular complexity index is 827. The number of carbonyl (C=O) groups is 1. The molecular weight excluding hydrogens is 366 g/mol. The Kier molecular flexibility index (Phi) is 6.21. The zero-order valence-electron chi connectivity index (χ0n) is 14.2. The molecule has 136 valence electrons. The highest BCUT2D eigenvalue weighted by molar-refractivity contribution is 7.89. The largest absolute Gasteiger partial charge is 0.360 e. The molecule has 0 fully saturated rings. The van der Waals surface area contributed by atoms with Crippen molar-refractivity contribution < 1.29 is 17.7 Å². The maximum absolute atomic E-state index is 12.5. The summed E-state index contributed by atoms with van der Waals surface area (Å²) in [4.78, 5) is 12.0. The van der Waals surface area contributed by atoms with E-state index in [-0.39, 0.29) is 28.8 Å². The number of hydrogen-bond donors (Lipinski definition) is 1. The molecule has 0 unspecified atom stereocenters. The van der Waals surface area contributed by atoms with Crippen molar-refractivity contribution in [3.05, 3.63) is 46.3 Å². The summed E-state index contributed by atoms with van der Waals surface area (Å²) in [5.74, 6) is -0.181. The first-order chi connectivity index (χ1) is 11.7. The molecule has 0 aliphatic rings. The third-order valence-corrected chi connectivity index (χ3v) is 5.95. The third kappa shape index (κ3) is 4.81. The summed E-state index contributed by atoms with van der Waals surface area (Å²) in [6.45, 7) is 3.18. The van der Waals surface area contributed by atoms with Gasteiger partial charge in [-0.05, 0) is 38.0 Å². The molecule has 2 aromatic rings. The summed E-state index contributed by atoms with van der Waals surface area (Å²) < 4.78 is 30.9. The predicted molar refractivity (Wildman–Crippen MR) is 94.0 cm³/mol. The highest BCUT2D eigenvalue weighted by atomic mass is 35.5. The van der Waals surface area contributed by atoms with E-state index in [2.05, 4.69) is 10.5 Å². The maximum atomic E-state index is 12.5. The van der Waals surface area contributed by atoms with Gasteiger partial charge in [-0.2, -0.15) is 4.31 Å². The molecule has 1 amide bonds. The number of hydrogen-bond acceptors (Lipinski definition) is 5. The van der Waals surface area contributed by atoms with Gasteiger partial charge in [-0.25, -0.2) is 8.42 Å². The lowest BCUT2D eigenvalue weighted by Crippen LogP contribution is -2.39. The zero-order chi connectivity index (χ0) is 18.6. The van der Waals surface area contributed by atoms with Gasteiger partial charge in [-0.1, -0.05) is 28.9 Å². The van der Waals surface area contributed by atoms with Gasteiger partial charge in [0.1, 0.15) is 10.6 Å². The normalized spacial score (nSPS) is 11.7. The van der Waals surface area contributed by atoms with Gasteiger partial charge in [-0.15, -0.1) is 0 Å². The van der Waals surface area contributed by atoms with Crippen LogP contribution in [0.25, 0.3) is 0 Å². The fourth-order valence-electron chi connectivity index (χ4n) is 2.34. The van der Waals surface area contributed by atoms with Gasteiger partial charge >= 0.3 is 0 Å². The second-order valence-electron chi connectivity index (χ2n) is 5.64. The van der Waals surface area contributed by atoms with Crippen molar-refractivity contribution in [1.29, 1.82) is 0 Å². The Labute approximate surface area is 152 Å². The fourth-order valence-corrected chi connectivity index (χ4v) is 3.88. The molecule has 1 aromatic heterocycles. The Morgan fingerprint density at radius 1 is 1.28 bits per heavy atom. The van der Waals surface area contributed by atoms with E-state index in [9.17, 15) is 13.2 Å². The molecule has 1 N–H and O–H groups in total. The smallest absolute Gasteiger partial charge is 0.248 e. The summed E-state index contributed by atoms with van der Waals surface area (Å²) in [6, 6.07) is 7.32. The number of likely N-dealkylation sites (N-methyl/N-ethyl adjacent to an activating group) is 1. The summed E-state index contributed by atoms with van der Waals surface area (Å²) in [7, 11) is -2.49. The SMILES string of the molecule is Cc1noc(C)c1S(=O)(=O)N(C)CC(=O)NCCc1ccc(Cl)cc1. The van der Waals surface area contributed by atoms with Gasteiger partial charge in [0, 0.05) is 18.6 Å². The summed E-state index contributed by atoms with van der Waals surface area (Å²) >= 11 is 5.82. The van der Waals surface area contributed by atoms with E-state index in [1.807, 2.05) is 12.1 Å². The highest BCUT2D eigenvalue weighted by Gasteiger charge is 2.29. The van der Waals surface area contributed by atoms with Crippen LogP contribution in [0.2, 0.25) is 5.02 Å². The van der Waals surface area contributed by atoms with Crippen LogP contribution >= 0.6 is 11.6 Å². The number of benzene rings is 1. The van der Waals surface area contributed by atoms with Crippen LogP contribution in [0.1, 0.15) is 17.0 Å². The molecule has 9 heteroatoms. The molecule has 0 bridgehead atoms. The van der Waals surface area contributed by atoms with Crippen LogP contribution in [0.4, 0.5) is 0 Å². The average molecular weight is 386 g/mol. The Hall–Kier alpha value is -1.90. The number of nitrogens with zero attached hydrogens (tertiary/aromatic N) is 2. The second-order valence-corrected chi connectivity index (χ2v) is 8.06. The minimum atomic E-state index is -3.83. The van der Waals surface area contributed by atoms with Gasteiger partial charge < -0.3 is 9.84 Å². The van der Waals surface area contributed by atoms with Gasteiger partial charge in [-0.3, -0.25) is 4.79 Å². The van der Waals surface area contributed by atoms with Crippen LogP contribution in [-0.2, 0) is 21.2 Å². The minimum Gasteiger partial charge on any atom is -0.360 e. The van der Waals surface area contributed by atoms with E-state index in [4.69, 9.17) is 16.1 Å². The molecule has 25 heavy (non-hydrogen) atoms. The van der Waals surface area contributed by atoms with Crippen molar-refractivity contribution in [2.45, 2.75) is 25.2 Å². The van der Waals surface area contributed by atoms with Crippen LogP contribution in [0.15, 0.2) is 33.7 Å². The molecule has 0 radical (unpaired) electrons. The van der Waals surface area contributed by atoms with E-state index in [0.717, 1.165) is 9.87 Å². The van der Waals surface area contributed by atoms with E-state index in [1.165, 1.54) is 14.0 Å². The average Bonchev–Trinajstić information content (AvgIpc) is 2.88. The summed E-state index contributed by atoms with van der Waals surface area (Å²) in [5, 5.41) is 7.00. The highest BCUT2D eigenvalue weighted by Crippen LogP contribution is 2.22. The summed E-state index contributed by atoms with van der Waals surface area (Å²) in [5.41, 5.74) is 1.30. The van der Waals surface area contributed by atoms with Gasteiger partial charge in [0.15, 0.2) is 5.76 Å². The molecule has 0 aliphatic heterocycles. The number of aryl methyl sites for hydroxylation is 2. The Morgan fingerprint density at radius 2 is 1.92 bits per heavy atom. The lowest BCUT2D eigenvalue weighted by atomic mass is 10.1. The monoisotopic (exact) mass is 385 g/mol. The molecule has 0 saturated heterocycles. The first-order valence-electron chi connectivity index (χ1n) is 7.62. The molecule has 1 heterocycles. The number of carbonyl (C=O) groups excluding carboxylic acids is 1. The van der Waals surface area contributed by atoms with Crippen molar-refractivity contribution in [3.8, 4) is 0 Å². The van der Waals surface area contributed by atoms with Crippen molar-refractivity contribution in [1.82, 2.24) is 14.8 Å². The Morgan fingerprint density at radius 3 is 2.48 bits per heavy atom. The molecule has 0 aliphatic carbocycles. The van der Waals surface area contributed by atoms with Crippen LogP contribution in [0, 0.1) is 13.8 Å². The van der Waals surface area contributed by atoms with E-state index < -0.39 is 10.0 Å². The van der Waals surface area contributed by atoms with Gasteiger partial charge in [0.2, 0.25) is 15.9 Å². The molecule has 0 atom stereocenters. The number of aromatic nitrogens is 1. The molecule has 0 spiro atoms. The van der Waals surface area contributed by atoms with E-state index in [1.54, 1.807) is 19.1 Å². The van der Waals surface area contributed by atoms with Crippen LogP contribution in [0.3, 0.4) is 0 Å². The first kappa shape index (κ1) is 19.4. The van der Waals surface area contributed by atoms with E-state index in [0.29, 0.717) is 18.0 Å². The van der Waals surface area contributed by atoms with Crippen molar-refractivity contribution in [2.24, 2.45) is 0 Å². The first-order valence-corrected chi connectivity index (χ1v) is 9.44. The predicted octanol–water partition coefficient (Wildman–Crippen LogP) is 1.92. The molecule has 7 nitrogen and oxygen atoms in total. The molecular formula is C16H20ClN3O4S. The quantitative estimate of drug-likeness (QED) is 0.786. The van der Waals surface area contributed by atoms with Crippen molar-refractivity contribution in [3.63, 3.8) is 0 Å². The lowest BCUT2D eigenvalue weighted by Gasteiger charge is -2.16. The molecule has 0 saturated carbocycles. The zero-order valence-corrected chi connectivity index (χ0v) is 15.8. The number of sulfonamides is 1. The van der Waals surface area contributed by atoms with Crippen molar-refractivity contribution in [2.75, 3.05) is 20.1 Å². The summed E-state index contributed by atoms with van der Waals surface area (Å²) in [6.07, 6.45) is 0.628. The standard InChI is InChI=1S/C16H20ClN3O4S/c1-11-16(12(2)24-19-11)25(22,23)20(3)10-15(21)18-9-8-13-4-6-14(17)7-5-13/h4-7H,8-10H2,1-3H3,(H,18,21). The molecule has 1 aromatic carbocycles. The topological polar surface area (TPSA) is 92.5 Å². The van der Waals surface area contributed by atoms with Crippen LogP contribution in [-0.4, -0.2) is 43.9 Å². The number of nitrogens with one attached hydrogen (secondary N) is 1. The van der Waals surface area contributed by atoms with Crippen LogP contribution in [0.5, 0.6) is 0 Å². The van der Waals surface area contributed by atoms with Crippen LogP contribution < -0.4 is 5.32 Å². The fraction of sp³-hybridized carbons (Fsp3) is 0.375. The second kappa shape index (κ2) is 7.99. The number of rotatable bonds is 7. The number of amides is 1. The lowest BCUT2D eigenvalue weighted by molar-refractivity contribution is -0.121. The Balaban J connectivity index is 1.90. The number of halogens is 1. The molecule has 2 rings (SSSR count). The minimum absolute atomic E-state index is 0.00367. The van der Waals surface area contributed by atoms with Gasteiger partial charge in [0.05, 0.1) is 6.54 Å². The third-order valence-electron chi connectivity index (χ3n) is 3.65. The van der Waals surface area contributed by atoms with Crippen molar-refractivity contribution >= 4 is 27.5 Å². The maximum Gasteiger partial charge on any atom is 0.248 e. The van der Waals surface area contributed by atoms with E-state index >= 15 is 0 Å².